The molecule has 0 aliphatic heterocycles. The highest BCUT2D eigenvalue weighted by atomic mass is 127. The van der Waals surface area contributed by atoms with Gasteiger partial charge in [-0.05, 0) is 45.2 Å². The van der Waals surface area contributed by atoms with Gasteiger partial charge in [0.2, 0.25) is 0 Å². The maximum Gasteiger partial charge on any atom is 0.191 e. The number of rotatable bonds is 6. The summed E-state index contributed by atoms with van der Waals surface area (Å²) >= 11 is 0. The Labute approximate surface area is 187 Å². The molecule has 1 atom stereocenters. The second kappa shape index (κ2) is 10.3. The Morgan fingerprint density at radius 1 is 1.25 bits per heavy atom. The van der Waals surface area contributed by atoms with Crippen LogP contribution in [0.1, 0.15) is 48.8 Å². The molecule has 0 radical (unpaired) electrons. The van der Waals surface area contributed by atoms with Gasteiger partial charge in [0.25, 0.3) is 0 Å². The van der Waals surface area contributed by atoms with E-state index in [0.29, 0.717) is 0 Å². The first-order valence-corrected chi connectivity index (χ1v) is 9.67. The fourth-order valence-electron chi connectivity index (χ4n) is 3.37. The van der Waals surface area contributed by atoms with Crippen molar-refractivity contribution in [1.82, 2.24) is 20.4 Å². The van der Waals surface area contributed by atoms with E-state index >= 15 is 0 Å². The van der Waals surface area contributed by atoms with Crippen molar-refractivity contribution in [3.63, 3.8) is 0 Å². The van der Waals surface area contributed by atoms with Crippen LogP contribution in [-0.4, -0.2) is 35.4 Å². The Kier molecular flexibility index (Phi) is 8.98. The molecule has 0 bridgehead atoms. The summed E-state index contributed by atoms with van der Waals surface area (Å²) in [4.78, 5) is 4.41. The predicted octanol–water partition coefficient (Wildman–Crippen LogP) is 4.04. The molecule has 1 heterocycles. The highest BCUT2D eigenvalue weighted by Crippen LogP contribution is 2.23. The van der Waals surface area contributed by atoms with Crippen molar-refractivity contribution in [3.8, 4) is 0 Å². The molecule has 6 heteroatoms. The van der Waals surface area contributed by atoms with Gasteiger partial charge >= 0.3 is 0 Å². The normalized spacial score (nSPS) is 13.1. The van der Waals surface area contributed by atoms with Gasteiger partial charge in [-0.25, -0.2) is 0 Å². The maximum atomic E-state index is 4.52. The lowest BCUT2D eigenvalue weighted by Gasteiger charge is -2.28. The lowest BCUT2D eigenvalue weighted by atomic mass is 9.84. The third-order valence-electron chi connectivity index (χ3n) is 5.27. The molecular weight excluding hydrogens is 461 g/mol. The zero-order valence-electron chi connectivity index (χ0n) is 18.6. The molecule has 1 aromatic heterocycles. The highest BCUT2D eigenvalue weighted by molar-refractivity contribution is 14.0. The standard InChI is InChI=1S/C22H35N5.HI/c1-15-10-9-11-19(12-15)22(5,6)14-24-21(23-7)25-16(2)13-20-17(3)26-27(8)18(20)4;/h9-12,16H,13-14H2,1-8H3,(H2,23,24,25);1H. The van der Waals surface area contributed by atoms with Gasteiger partial charge in [0.1, 0.15) is 0 Å². The molecule has 0 fully saturated rings. The van der Waals surface area contributed by atoms with Crippen LogP contribution in [0.15, 0.2) is 29.3 Å². The summed E-state index contributed by atoms with van der Waals surface area (Å²) in [5, 5.41) is 11.5. The average molecular weight is 497 g/mol. The van der Waals surface area contributed by atoms with Crippen LogP contribution in [-0.2, 0) is 18.9 Å². The zero-order valence-corrected chi connectivity index (χ0v) is 20.9. The maximum absolute atomic E-state index is 4.52. The van der Waals surface area contributed by atoms with Crippen molar-refractivity contribution >= 4 is 29.9 Å². The Hall–Kier alpha value is -1.57. The van der Waals surface area contributed by atoms with E-state index in [1.807, 2.05) is 18.8 Å². The molecule has 0 saturated carbocycles. The molecule has 0 amide bonds. The minimum absolute atomic E-state index is 0. The van der Waals surface area contributed by atoms with E-state index in [9.17, 15) is 0 Å². The van der Waals surface area contributed by atoms with E-state index in [-0.39, 0.29) is 35.4 Å². The van der Waals surface area contributed by atoms with Gasteiger partial charge < -0.3 is 10.6 Å². The van der Waals surface area contributed by atoms with Crippen LogP contribution >= 0.6 is 24.0 Å². The summed E-state index contributed by atoms with van der Waals surface area (Å²) in [6.45, 7) is 13.9. The Bertz CT molecular complexity index is 807. The molecule has 1 unspecified atom stereocenters. The van der Waals surface area contributed by atoms with Crippen LogP contribution in [0.3, 0.4) is 0 Å². The monoisotopic (exact) mass is 497 g/mol. The predicted molar refractivity (Wildman–Crippen MR) is 130 cm³/mol. The number of halogens is 1. The van der Waals surface area contributed by atoms with Crippen LogP contribution in [0.5, 0.6) is 0 Å². The van der Waals surface area contributed by atoms with Crippen LogP contribution in [0.4, 0.5) is 0 Å². The molecule has 156 valence electrons. The van der Waals surface area contributed by atoms with Gasteiger partial charge in [0.05, 0.1) is 5.69 Å². The minimum Gasteiger partial charge on any atom is -0.356 e. The number of hydrogen-bond acceptors (Lipinski definition) is 2. The van der Waals surface area contributed by atoms with Gasteiger partial charge in [-0.2, -0.15) is 5.10 Å². The summed E-state index contributed by atoms with van der Waals surface area (Å²) < 4.78 is 1.95. The molecule has 2 aromatic rings. The number of hydrogen-bond donors (Lipinski definition) is 2. The second-order valence-electron chi connectivity index (χ2n) is 8.20. The molecular formula is C22H36IN5. The Morgan fingerprint density at radius 2 is 1.93 bits per heavy atom. The number of nitrogens with zero attached hydrogens (tertiary/aromatic N) is 3. The summed E-state index contributed by atoms with van der Waals surface area (Å²) in [7, 11) is 3.82. The molecule has 0 saturated heterocycles. The number of aryl methyl sites for hydroxylation is 3. The lowest BCUT2D eigenvalue weighted by Crippen LogP contribution is -2.47. The quantitative estimate of drug-likeness (QED) is 0.360. The molecule has 0 aliphatic carbocycles. The molecule has 2 rings (SSSR count). The molecule has 28 heavy (non-hydrogen) atoms. The van der Waals surface area contributed by atoms with Crippen molar-refractivity contribution in [2.45, 2.75) is 59.4 Å². The SMILES string of the molecule is CN=C(NCC(C)(C)c1cccc(C)c1)NC(C)Cc1c(C)nn(C)c1C.I. The van der Waals surface area contributed by atoms with Crippen molar-refractivity contribution in [2.75, 3.05) is 13.6 Å². The molecule has 5 nitrogen and oxygen atoms in total. The van der Waals surface area contributed by atoms with Crippen LogP contribution in [0, 0.1) is 20.8 Å². The molecule has 1 aromatic carbocycles. The number of aliphatic imine (C=N–C) groups is 1. The number of guanidine groups is 1. The largest absolute Gasteiger partial charge is 0.356 e. The fourth-order valence-corrected chi connectivity index (χ4v) is 3.37. The summed E-state index contributed by atoms with van der Waals surface area (Å²) in [6, 6.07) is 8.98. The Balaban J connectivity index is 0.00000392. The first-order chi connectivity index (χ1) is 12.6. The van der Waals surface area contributed by atoms with Gasteiger partial charge in [0, 0.05) is 37.8 Å². The minimum atomic E-state index is 0. The number of nitrogens with one attached hydrogen (secondary N) is 2. The van der Waals surface area contributed by atoms with Crippen molar-refractivity contribution in [1.29, 1.82) is 0 Å². The topological polar surface area (TPSA) is 54.2 Å². The van der Waals surface area contributed by atoms with Gasteiger partial charge in [-0.3, -0.25) is 9.67 Å². The Morgan fingerprint density at radius 3 is 2.46 bits per heavy atom. The van der Waals surface area contributed by atoms with E-state index in [2.05, 4.69) is 86.5 Å². The summed E-state index contributed by atoms with van der Waals surface area (Å²) in [6.07, 6.45) is 0.924. The first-order valence-electron chi connectivity index (χ1n) is 9.67. The van der Waals surface area contributed by atoms with Crippen LogP contribution < -0.4 is 10.6 Å². The number of aromatic nitrogens is 2. The summed E-state index contributed by atoms with van der Waals surface area (Å²) in [5.41, 5.74) is 6.28. The van der Waals surface area contributed by atoms with Gasteiger partial charge in [-0.15, -0.1) is 24.0 Å². The smallest absolute Gasteiger partial charge is 0.191 e. The van der Waals surface area contributed by atoms with E-state index in [4.69, 9.17) is 0 Å². The second-order valence-corrected chi connectivity index (χ2v) is 8.20. The third-order valence-corrected chi connectivity index (χ3v) is 5.27. The van der Waals surface area contributed by atoms with E-state index in [0.717, 1.165) is 24.6 Å². The van der Waals surface area contributed by atoms with Crippen molar-refractivity contribution in [3.05, 3.63) is 52.3 Å². The average Bonchev–Trinajstić information content (AvgIpc) is 2.84. The summed E-state index contributed by atoms with van der Waals surface area (Å²) in [5.74, 6) is 0.836. The first kappa shape index (κ1) is 24.5. The van der Waals surface area contributed by atoms with E-state index < -0.39 is 0 Å². The van der Waals surface area contributed by atoms with Crippen molar-refractivity contribution < 1.29 is 0 Å². The van der Waals surface area contributed by atoms with Gasteiger partial charge in [0.15, 0.2) is 5.96 Å². The lowest BCUT2D eigenvalue weighted by molar-refractivity contribution is 0.504. The number of benzene rings is 1. The van der Waals surface area contributed by atoms with Crippen LogP contribution in [0.2, 0.25) is 0 Å². The van der Waals surface area contributed by atoms with Crippen LogP contribution in [0.25, 0.3) is 0 Å². The molecule has 0 spiro atoms. The van der Waals surface area contributed by atoms with Crippen molar-refractivity contribution in [2.24, 2.45) is 12.0 Å². The molecule has 0 aliphatic rings. The molecule has 2 N–H and O–H groups in total. The zero-order chi connectivity index (χ0) is 20.2. The third kappa shape index (κ3) is 6.22. The van der Waals surface area contributed by atoms with E-state index in [1.54, 1.807) is 0 Å². The highest BCUT2D eigenvalue weighted by Gasteiger charge is 2.21. The van der Waals surface area contributed by atoms with Gasteiger partial charge in [-0.1, -0.05) is 43.7 Å². The fraction of sp³-hybridized carbons (Fsp3) is 0.545. The van der Waals surface area contributed by atoms with E-state index in [1.165, 1.54) is 22.4 Å².